The fourth-order valence-electron chi connectivity index (χ4n) is 2.04. The van der Waals surface area contributed by atoms with E-state index in [1.165, 1.54) is 12.1 Å². The number of carboxylic acids is 1. The number of ether oxygens (including phenoxy) is 1. The molecule has 0 fully saturated rings. The van der Waals surface area contributed by atoms with Gasteiger partial charge in [-0.15, -0.1) is 13.2 Å². The lowest BCUT2D eigenvalue weighted by Crippen LogP contribution is -2.17. The van der Waals surface area contributed by atoms with E-state index < -0.39 is 41.3 Å². The summed E-state index contributed by atoms with van der Waals surface area (Å²) in [6, 6.07) is 4.85. The summed E-state index contributed by atoms with van der Waals surface area (Å²) in [6.07, 6.45) is -4.85. The predicted molar refractivity (Wildman–Crippen MR) is 74.2 cm³/mol. The molecule has 9 heteroatoms. The molecule has 24 heavy (non-hydrogen) atoms. The van der Waals surface area contributed by atoms with Crippen LogP contribution in [0.15, 0.2) is 36.4 Å². The molecule has 0 heterocycles. The number of phenols is 1. The van der Waals surface area contributed by atoms with Crippen molar-refractivity contribution in [3.05, 3.63) is 58.9 Å². The Balaban J connectivity index is 2.35. The van der Waals surface area contributed by atoms with Gasteiger partial charge in [-0.1, -0.05) is 12.1 Å². The molecule has 0 aliphatic rings. The van der Waals surface area contributed by atoms with Gasteiger partial charge in [-0.3, -0.25) is 0 Å². The maximum Gasteiger partial charge on any atom is 0.573 e. The van der Waals surface area contributed by atoms with E-state index in [1.807, 2.05) is 0 Å². The Hall–Kier alpha value is -2.81. The zero-order chi connectivity index (χ0) is 18.1. The van der Waals surface area contributed by atoms with Crippen molar-refractivity contribution >= 4 is 5.97 Å². The van der Waals surface area contributed by atoms with E-state index in [0.717, 1.165) is 18.2 Å². The van der Waals surface area contributed by atoms with Gasteiger partial charge in [-0.25, -0.2) is 9.18 Å². The molecular formula is C15H11F4NO4. The van der Waals surface area contributed by atoms with Gasteiger partial charge in [0.05, 0.1) is 11.6 Å². The number of hydrogen-bond donors (Lipinski definition) is 3. The summed E-state index contributed by atoms with van der Waals surface area (Å²) in [5.41, 5.74) is 5.44. The molecule has 0 aliphatic carbocycles. The number of benzene rings is 2. The monoisotopic (exact) mass is 345 g/mol. The van der Waals surface area contributed by atoms with Crippen LogP contribution in [0.1, 0.15) is 27.5 Å². The van der Waals surface area contributed by atoms with Crippen LogP contribution in [0, 0.1) is 5.82 Å². The number of aromatic hydroxyl groups is 1. The Labute approximate surface area is 132 Å². The van der Waals surface area contributed by atoms with Crippen LogP contribution in [-0.4, -0.2) is 22.5 Å². The van der Waals surface area contributed by atoms with Crippen LogP contribution in [-0.2, 0) is 0 Å². The lowest BCUT2D eigenvalue weighted by Gasteiger charge is -2.16. The molecular weight excluding hydrogens is 334 g/mol. The van der Waals surface area contributed by atoms with E-state index >= 15 is 0 Å². The second-order valence-corrected chi connectivity index (χ2v) is 4.80. The van der Waals surface area contributed by atoms with E-state index in [9.17, 15) is 27.5 Å². The van der Waals surface area contributed by atoms with Crippen LogP contribution < -0.4 is 10.5 Å². The molecule has 0 saturated carbocycles. The highest BCUT2D eigenvalue weighted by Gasteiger charge is 2.31. The predicted octanol–water partition coefficient (Wildman–Crippen LogP) is 3.18. The first-order chi connectivity index (χ1) is 11.1. The number of alkyl halides is 3. The highest BCUT2D eigenvalue weighted by molar-refractivity contribution is 5.88. The number of aromatic carboxylic acids is 1. The van der Waals surface area contributed by atoms with Crippen molar-refractivity contribution in [1.29, 1.82) is 0 Å². The number of nitrogens with two attached hydrogens (primary N) is 1. The Kier molecular flexibility index (Phi) is 4.65. The molecule has 0 aromatic heterocycles. The summed E-state index contributed by atoms with van der Waals surface area (Å²) in [4.78, 5) is 10.9. The third kappa shape index (κ3) is 3.93. The standard InChI is InChI=1S/C15H11F4NO4/c16-11-6-8(14(22)23)5-10(13(11)21)12(20)7-1-3-9(4-2-7)24-15(17,18)19/h1-6,12,21H,20H2,(H,22,23)/t12-/m0/s1. The molecule has 0 aliphatic heterocycles. The van der Waals surface area contributed by atoms with Crippen molar-refractivity contribution in [3.63, 3.8) is 0 Å². The van der Waals surface area contributed by atoms with Crippen molar-refractivity contribution in [2.45, 2.75) is 12.4 Å². The van der Waals surface area contributed by atoms with Crippen molar-refractivity contribution < 1.29 is 37.3 Å². The van der Waals surface area contributed by atoms with Crippen LogP contribution in [0.3, 0.4) is 0 Å². The summed E-state index contributed by atoms with van der Waals surface area (Å²) in [6.45, 7) is 0. The Bertz CT molecular complexity index is 759. The van der Waals surface area contributed by atoms with Gasteiger partial charge in [-0.2, -0.15) is 0 Å². The first-order valence-electron chi connectivity index (χ1n) is 6.45. The SMILES string of the molecule is N[C@@H](c1ccc(OC(F)(F)F)cc1)c1cc(C(=O)O)cc(F)c1O. The Morgan fingerprint density at radius 3 is 2.25 bits per heavy atom. The first-order valence-corrected chi connectivity index (χ1v) is 6.45. The third-order valence-electron chi connectivity index (χ3n) is 3.15. The molecule has 0 saturated heterocycles. The van der Waals surface area contributed by atoms with E-state index in [0.29, 0.717) is 6.07 Å². The molecule has 5 nitrogen and oxygen atoms in total. The minimum Gasteiger partial charge on any atom is -0.505 e. The maximum absolute atomic E-state index is 13.6. The first kappa shape index (κ1) is 17.5. The van der Waals surface area contributed by atoms with E-state index in [-0.39, 0.29) is 11.1 Å². The van der Waals surface area contributed by atoms with Gasteiger partial charge in [0.2, 0.25) is 0 Å². The molecule has 2 aromatic carbocycles. The smallest absolute Gasteiger partial charge is 0.505 e. The maximum atomic E-state index is 13.6. The Morgan fingerprint density at radius 2 is 1.75 bits per heavy atom. The number of rotatable bonds is 4. The summed E-state index contributed by atoms with van der Waals surface area (Å²) in [7, 11) is 0. The van der Waals surface area contributed by atoms with Gasteiger partial charge in [0.15, 0.2) is 11.6 Å². The van der Waals surface area contributed by atoms with E-state index in [2.05, 4.69) is 4.74 Å². The van der Waals surface area contributed by atoms with Gasteiger partial charge in [-0.05, 0) is 29.8 Å². The van der Waals surface area contributed by atoms with Crippen LogP contribution in [0.2, 0.25) is 0 Å². The zero-order valence-electron chi connectivity index (χ0n) is 11.8. The molecule has 1 atom stereocenters. The van der Waals surface area contributed by atoms with Crippen molar-refractivity contribution in [2.75, 3.05) is 0 Å². The zero-order valence-corrected chi connectivity index (χ0v) is 11.8. The topological polar surface area (TPSA) is 92.8 Å². The van der Waals surface area contributed by atoms with Gasteiger partial charge in [0, 0.05) is 5.56 Å². The lowest BCUT2D eigenvalue weighted by molar-refractivity contribution is -0.274. The van der Waals surface area contributed by atoms with Crippen LogP contribution in [0.5, 0.6) is 11.5 Å². The average molecular weight is 345 g/mol. The minimum atomic E-state index is -4.85. The normalized spacial score (nSPS) is 12.7. The minimum absolute atomic E-state index is 0.211. The molecule has 0 amide bonds. The van der Waals surface area contributed by atoms with Crippen LogP contribution in [0.4, 0.5) is 17.6 Å². The van der Waals surface area contributed by atoms with Gasteiger partial charge < -0.3 is 20.7 Å². The lowest BCUT2D eigenvalue weighted by atomic mass is 9.96. The highest BCUT2D eigenvalue weighted by atomic mass is 19.4. The average Bonchev–Trinajstić information content (AvgIpc) is 2.48. The molecule has 0 spiro atoms. The number of halogens is 4. The summed E-state index contributed by atoms with van der Waals surface area (Å²) >= 11 is 0. The molecule has 4 N–H and O–H groups in total. The van der Waals surface area contributed by atoms with E-state index in [1.54, 1.807) is 0 Å². The second-order valence-electron chi connectivity index (χ2n) is 4.80. The third-order valence-corrected chi connectivity index (χ3v) is 3.15. The quantitative estimate of drug-likeness (QED) is 0.740. The largest absolute Gasteiger partial charge is 0.573 e. The fraction of sp³-hybridized carbons (Fsp3) is 0.133. The second kappa shape index (κ2) is 6.36. The summed E-state index contributed by atoms with van der Waals surface area (Å²) < 4.78 is 53.6. The number of phenolic OH excluding ortho intramolecular Hbond substituents is 1. The van der Waals surface area contributed by atoms with Gasteiger partial charge >= 0.3 is 12.3 Å². The molecule has 2 aromatic rings. The number of hydrogen-bond acceptors (Lipinski definition) is 4. The Morgan fingerprint density at radius 1 is 1.17 bits per heavy atom. The highest BCUT2D eigenvalue weighted by Crippen LogP contribution is 2.32. The van der Waals surface area contributed by atoms with E-state index in [4.69, 9.17) is 10.8 Å². The number of carbonyl (C=O) groups is 1. The molecule has 0 radical (unpaired) electrons. The molecule has 2 rings (SSSR count). The molecule has 0 unspecified atom stereocenters. The fourth-order valence-corrected chi connectivity index (χ4v) is 2.04. The van der Waals surface area contributed by atoms with Crippen molar-refractivity contribution in [2.24, 2.45) is 5.73 Å². The van der Waals surface area contributed by atoms with Crippen LogP contribution >= 0.6 is 0 Å². The molecule has 0 bridgehead atoms. The summed E-state index contributed by atoms with van der Waals surface area (Å²) in [5, 5.41) is 18.6. The number of carboxylic acid groups (broad SMARTS) is 1. The van der Waals surface area contributed by atoms with Crippen molar-refractivity contribution in [1.82, 2.24) is 0 Å². The molecule has 128 valence electrons. The van der Waals surface area contributed by atoms with Gasteiger partial charge in [0.25, 0.3) is 0 Å². The van der Waals surface area contributed by atoms with Gasteiger partial charge in [0.1, 0.15) is 5.75 Å². The van der Waals surface area contributed by atoms with Crippen molar-refractivity contribution in [3.8, 4) is 11.5 Å². The van der Waals surface area contributed by atoms with Crippen LogP contribution in [0.25, 0.3) is 0 Å². The summed E-state index contributed by atoms with van der Waals surface area (Å²) in [5.74, 6) is -3.90.